The molecular formula is C13H16ClN3. The standard InChI is InChI=1S/C13H16ClN3/c1-13(7-3-6-10(13)15)12-16-9-5-2-4-8(14)11(9)17-12/h2,4-5,10H,3,6-7,15H2,1H3,(H,16,17). The average molecular weight is 250 g/mol. The van der Waals surface area contributed by atoms with Crippen LogP contribution in [-0.4, -0.2) is 16.0 Å². The zero-order valence-corrected chi connectivity index (χ0v) is 10.6. The molecule has 3 N–H and O–H groups in total. The molecular weight excluding hydrogens is 234 g/mol. The Morgan fingerprint density at radius 3 is 3.00 bits per heavy atom. The van der Waals surface area contributed by atoms with Crippen molar-refractivity contribution in [2.45, 2.75) is 37.6 Å². The molecule has 1 aromatic heterocycles. The highest BCUT2D eigenvalue weighted by Gasteiger charge is 2.40. The highest BCUT2D eigenvalue weighted by Crippen LogP contribution is 2.39. The van der Waals surface area contributed by atoms with Crippen LogP contribution in [-0.2, 0) is 5.41 Å². The number of para-hydroxylation sites is 1. The van der Waals surface area contributed by atoms with Crippen molar-refractivity contribution in [3.8, 4) is 0 Å². The first kappa shape index (κ1) is 11.1. The Morgan fingerprint density at radius 1 is 1.53 bits per heavy atom. The summed E-state index contributed by atoms with van der Waals surface area (Å²) in [5.41, 5.74) is 8.02. The number of aromatic nitrogens is 2. The van der Waals surface area contributed by atoms with Gasteiger partial charge in [0.05, 0.1) is 10.5 Å². The fraction of sp³-hybridized carbons (Fsp3) is 0.462. The molecule has 17 heavy (non-hydrogen) atoms. The van der Waals surface area contributed by atoms with Crippen LogP contribution in [0.25, 0.3) is 11.0 Å². The average Bonchev–Trinajstić information content (AvgIpc) is 2.86. The molecule has 90 valence electrons. The van der Waals surface area contributed by atoms with Crippen molar-refractivity contribution < 1.29 is 0 Å². The summed E-state index contributed by atoms with van der Waals surface area (Å²) in [5, 5.41) is 0.695. The fourth-order valence-electron chi connectivity index (χ4n) is 2.75. The van der Waals surface area contributed by atoms with Crippen LogP contribution in [0.5, 0.6) is 0 Å². The van der Waals surface area contributed by atoms with Gasteiger partial charge in [-0.25, -0.2) is 4.98 Å². The summed E-state index contributed by atoms with van der Waals surface area (Å²) in [6, 6.07) is 5.98. The zero-order chi connectivity index (χ0) is 12.0. The molecule has 0 amide bonds. The summed E-state index contributed by atoms with van der Waals surface area (Å²) in [4.78, 5) is 8.02. The molecule has 3 nitrogen and oxygen atoms in total. The van der Waals surface area contributed by atoms with Crippen molar-refractivity contribution in [1.82, 2.24) is 9.97 Å². The Balaban J connectivity index is 2.15. The number of aromatic amines is 1. The lowest BCUT2D eigenvalue weighted by molar-refractivity contribution is 0.409. The fourth-order valence-corrected chi connectivity index (χ4v) is 2.97. The normalized spacial score (nSPS) is 29.0. The summed E-state index contributed by atoms with van der Waals surface area (Å²) in [6.45, 7) is 2.19. The second-order valence-corrected chi connectivity index (χ2v) is 5.54. The zero-order valence-electron chi connectivity index (χ0n) is 9.83. The first-order valence-corrected chi connectivity index (χ1v) is 6.39. The number of nitrogens with one attached hydrogen (secondary N) is 1. The van der Waals surface area contributed by atoms with Crippen molar-refractivity contribution in [3.05, 3.63) is 29.0 Å². The van der Waals surface area contributed by atoms with Gasteiger partial charge < -0.3 is 10.7 Å². The van der Waals surface area contributed by atoms with E-state index in [1.165, 1.54) is 6.42 Å². The summed E-state index contributed by atoms with van der Waals surface area (Å²) in [7, 11) is 0. The van der Waals surface area contributed by atoms with Crippen LogP contribution in [0.4, 0.5) is 0 Å². The Bertz CT molecular complexity index is 563. The largest absolute Gasteiger partial charge is 0.341 e. The van der Waals surface area contributed by atoms with Crippen LogP contribution in [0.1, 0.15) is 32.0 Å². The van der Waals surface area contributed by atoms with E-state index in [9.17, 15) is 0 Å². The van der Waals surface area contributed by atoms with Gasteiger partial charge in [0.1, 0.15) is 11.3 Å². The molecule has 1 aliphatic carbocycles. The minimum absolute atomic E-state index is 0.0393. The number of H-pyrrole nitrogens is 1. The van der Waals surface area contributed by atoms with E-state index in [4.69, 9.17) is 17.3 Å². The second-order valence-electron chi connectivity index (χ2n) is 5.14. The van der Waals surface area contributed by atoms with Gasteiger partial charge in [0.15, 0.2) is 0 Å². The van der Waals surface area contributed by atoms with Crippen LogP contribution < -0.4 is 5.73 Å². The molecule has 1 saturated carbocycles. The highest BCUT2D eigenvalue weighted by molar-refractivity contribution is 6.34. The molecule has 1 aliphatic rings. The number of hydrogen-bond donors (Lipinski definition) is 2. The van der Waals surface area contributed by atoms with Gasteiger partial charge in [0.2, 0.25) is 0 Å². The van der Waals surface area contributed by atoms with Gasteiger partial charge in [-0.1, -0.05) is 31.0 Å². The van der Waals surface area contributed by atoms with E-state index in [1.54, 1.807) is 0 Å². The third kappa shape index (κ3) is 1.57. The van der Waals surface area contributed by atoms with Gasteiger partial charge in [0, 0.05) is 11.5 Å². The summed E-state index contributed by atoms with van der Waals surface area (Å²) < 4.78 is 0. The van der Waals surface area contributed by atoms with Crippen molar-refractivity contribution >= 4 is 22.6 Å². The molecule has 1 aromatic carbocycles. The van der Waals surface area contributed by atoms with Crippen molar-refractivity contribution in [2.75, 3.05) is 0 Å². The molecule has 1 heterocycles. The molecule has 1 fully saturated rings. The van der Waals surface area contributed by atoms with Crippen molar-refractivity contribution in [1.29, 1.82) is 0 Å². The van der Waals surface area contributed by atoms with E-state index in [2.05, 4.69) is 16.9 Å². The van der Waals surface area contributed by atoms with Crippen LogP contribution in [0.2, 0.25) is 5.02 Å². The number of nitrogens with zero attached hydrogens (tertiary/aromatic N) is 1. The van der Waals surface area contributed by atoms with Gasteiger partial charge in [-0.15, -0.1) is 0 Å². The van der Waals surface area contributed by atoms with Gasteiger partial charge in [-0.2, -0.15) is 0 Å². The number of hydrogen-bond acceptors (Lipinski definition) is 2. The molecule has 0 saturated heterocycles. The smallest absolute Gasteiger partial charge is 0.114 e. The number of fused-ring (bicyclic) bond motifs is 1. The number of imidazole rings is 1. The second kappa shape index (κ2) is 3.72. The minimum Gasteiger partial charge on any atom is -0.341 e. The van der Waals surface area contributed by atoms with Crippen molar-refractivity contribution in [3.63, 3.8) is 0 Å². The lowest BCUT2D eigenvalue weighted by Gasteiger charge is -2.26. The summed E-state index contributed by atoms with van der Waals surface area (Å²) in [6.07, 6.45) is 3.33. The minimum atomic E-state index is -0.0393. The maximum Gasteiger partial charge on any atom is 0.114 e. The van der Waals surface area contributed by atoms with Gasteiger partial charge in [0.25, 0.3) is 0 Å². The number of rotatable bonds is 1. The summed E-state index contributed by atoms with van der Waals surface area (Å²) in [5.74, 6) is 0.977. The van der Waals surface area contributed by atoms with E-state index >= 15 is 0 Å². The van der Waals surface area contributed by atoms with Crippen LogP contribution in [0.15, 0.2) is 18.2 Å². The van der Waals surface area contributed by atoms with Crippen LogP contribution >= 0.6 is 11.6 Å². The molecule has 0 spiro atoms. The molecule has 2 atom stereocenters. The Kier molecular flexibility index (Phi) is 2.42. The third-order valence-electron chi connectivity index (χ3n) is 4.03. The predicted octanol–water partition coefficient (Wildman–Crippen LogP) is 2.99. The molecule has 2 unspecified atom stereocenters. The molecule has 2 aromatic rings. The lowest BCUT2D eigenvalue weighted by atomic mass is 9.84. The predicted molar refractivity (Wildman–Crippen MR) is 70.3 cm³/mol. The van der Waals surface area contributed by atoms with Crippen LogP contribution in [0, 0.1) is 0 Å². The monoisotopic (exact) mass is 249 g/mol. The van der Waals surface area contributed by atoms with E-state index in [0.717, 1.165) is 29.7 Å². The maximum atomic E-state index is 6.21. The maximum absolute atomic E-state index is 6.21. The number of benzene rings is 1. The number of nitrogens with two attached hydrogens (primary N) is 1. The first-order chi connectivity index (χ1) is 8.11. The van der Waals surface area contributed by atoms with E-state index in [0.29, 0.717) is 5.02 Å². The quantitative estimate of drug-likeness (QED) is 0.816. The Labute approximate surface area is 105 Å². The van der Waals surface area contributed by atoms with E-state index in [-0.39, 0.29) is 11.5 Å². The third-order valence-corrected chi connectivity index (χ3v) is 4.34. The highest BCUT2D eigenvalue weighted by atomic mass is 35.5. The van der Waals surface area contributed by atoms with E-state index < -0.39 is 0 Å². The van der Waals surface area contributed by atoms with Crippen LogP contribution in [0.3, 0.4) is 0 Å². The topological polar surface area (TPSA) is 54.7 Å². The SMILES string of the molecule is CC1(c2nc3c(Cl)cccc3[nH]2)CCCC1N. The Morgan fingerprint density at radius 2 is 2.35 bits per heavy atom. The van der Waals surface area contributed by atoms with Crippen molar-refractivity contribution in [2.24, 2.45) is 5.73 Å². The number of halogens is 1. The molecule has 4 heteroatoms. The van der Waals surface area contributed by atoms with E-state index in [1.807, 2.05) is 18.2 Å². The van der Waals surface area contributed by atoms with Gasteiger partial charge in [-0.05, 0) is 25.0 Å². The molecule has 0 bridgehead atoms. The molecule has 0 radical (unpaired) electrons. The van der Waals surface area contributed by atoms with Gasteiger partial charge in [-0.3, -0.25) is 0 Å². The molecule has 0 aliphatic heterocycles. The first-order valence-electron chi connectivity index (χ1n) is 6.01. The van der Waals surface area contributed by atoms with Gasteiger partial charge >= 0.3 is 0 Å². The lowest BCUT2D eigenvalue weighted by Crippen LogP contribution is -2.39. The Hall–Kier alpha value is -1.06. The summed E-state index contributed by atoms with van der Waals surface area (Å²) >= 11 is 6.15. The molecule has 3 rings (SSSR count).